The summed E-state index contributed by atoms with van der Waals surface area (Å²) in [7, 11) is 2.16. The van der Waals surface area contributed by atoms with Crippen LogP contribution < -0.4 is 5.32 Å². The first-order valence-electron chi connectivity index (χ1n) is 8.55. The monoisotopic (exact) mass is 266 g/mol. The molecule has 5 unspecified atom stereocenters. The third-order valence-electron chi connectivity index (χ3n) is 5.75. The van der Waals surface area contributed by atoms with E-state index in [1.807, 2.05) is 0 Å². The van der Waals surface area contributed by atoms with Gasteiger partial charge in [-0.25, -0.2) is 0 Å². The first-order chi connectivity index (χ1) is 9.13. The van der Waals surface area contributed by atoms with Crippen LogP contribution in [0.2, 0.25) is 0 Å². The molecular weight excluding hydrogens is 232 g/mol. The fraction of sp³-hybridized carbons (Fsp3) is 1.00. The Balaban J connectivity index is 1.93. The van der Waals surface area contributed by atoms with E-state index in [0.717, 1.165) is 29.8 Å². The van der Waals surface area contributed by atoms with Crippen LogP contribution in [0, 0.1) is 17.8 Å². The van der Waals surface area contributed by atoms with E-state index in [1.54, 1.807) is 0 Å². The Labute approximate surface area is 120 Å². The Hall–Kier alpha value is -0.0800. The summed E-state index contributed by atoms with van der Waals surface area (Å²) in [4.78, 5) is 2.78. The van der Waals surface area contributed by atoms with Gasteiger partial charge in [-0.15, -0.1) is 0 Å². The minimum atomic E-state index is 0.757. The minimum absolute atomic E-state index is 0.757. The lowest BCUT2D eigenvalue weighted by Gasteiger charge is -2.43. The van der Waals surface area contributed by atoms with Gasteiger partial charge in [0, 0.05) is 25.2 Å². The van der Waals surface area contributed by atoms with Gasteiger partial charge in [-0.1, -0.05) is 20.3 Å². The first-order valence-corrected chi connectivity index (χ1v) is 8.55. The molecule has 2 aliphatic rings. The molecule has 112 valence electrons. The van der Waals surface area contributed by atoms with Crippen LogP contribution in [0.3, 0.4) is 0 Å². The van der Waals surface area contributed by atoms with Crippen molar-refractivity contribution in [2.24, 2.45) is 17.8 Å². The van der Waals surface area contributed by atoms with E-state index < -0.39 is 0 Å². The molecule has 1 aliphatic carbocycles. The van der Waals surface area contributed by atoms with Gasteiger partial charge in [-0.2, -0.15) is 0 Å². The van der Waals surface area contributed by atoms with Gasteiger partial charge in [0.2, 0.25) is 0 Å². The van der Waals surface area contributed by atoms with Crippen molar-refractivity contribution in [2.75, 3.05) is 20.1 Å². The maximum Gasteiger partial charge on any atom is 0.0105 e. The molecule has 0 aromatic rings. The van der Waals surface area contributed by atoms with Crippen LogP contribution in [0.1, 0.15) is 59.3 Å². The molecule has 0 spiro atoms. The van der Waals surface area contributed by atoms with Gasteiger partial charge in [-0.3, -0.25) is 0 Å². The summed E-state index contributed by atoms with van der Waals surface area (Å²) in [5, 5.41) is 3.59. The van der Waals surface area contributed by atoms with Gasteiger partial charge >= 0.3 is 0 Å². The average molecular weight is 266 g/mol. The molecule has 0 amide bonds. The average Bonchev–Trinajstić information content (AvgIpc) is 2.42. The molecule has 5 atom stereocenters. The van der Waals surface area contributed by atoms with Crippen molar-refractivity contribution in [3.8, 4) is 0 Å². The number of nitrogens with zero attached hydrogens (tertiary/aromatic N) is 1. The second-order valence-corrected chi connectivity index (χ2v) is 7.23. The highest BCUT2D eigenvalue weighted by Gasteiger charge is 2.32. The molecule has 19 heavy (non-hydrogen) atoms. The van der Waals surface area contributed by atoms with Gasteiger partial charge in [0.15, 0.2) is 0 Å². The molecule has 2 nitrogen and oxygen atoms in total. The van der Waals surface area contributed by atoms with Crippen molar-refractivity contribution in [2.45, 2.75) is 71.4 Å². The molecule has 1 heterocycles. The van der Waals surface area contributed by atoms with Crippen LogP contribution in [-0.4, -0.2) is 37.1 Å². The minimum Gasteiger partial charge on any atom is -0.317 e. The summed E-state index contributed by atoms with van der Waals surface area (Å²) in [6.45, 7) is 9.87. The summed E-state index contributed by atoms with van der Waals surface area (Å²) >= 11 is 0. The number of hydrogen-bond donors (Lipinski definition) is 1. The van der Waals surface area contributed by atoms with Gasteiger partial charge in [0.05, 0.1) is 0 Å². The fourth-order valence-corrected chi connectivity index (χ4v) is 4.25. The molecule has 1 saturated heterocycles. The maximum atomic E-state index is 3.59. The molecule has 1 aliphatic heterocycles. The van der Waals surface area contributed by atoms with Crippen molar-refractivity contribution in [1.29, 1.82) is 0 Å². The zero-order valence-corrected chi connectivity index (χ0v) is 13.5. The van der Waals surface area contributed by atoms with E-state index in [4.69, 9.17) is 0 Å². The molecule has 2 fully saturated rings. The van der Waals surface area contributed by atoms with Gasteiger partial charge in [0.25, 0.3) is 0 Å². The topological polar surface area (TPSA) is 15.3 Å². The predicted molar refractivity (Wildman–Crippen MR) is 83.4 cm³/mol. The molecule has 2 rings (SSSR count). The number of piperidine rings is 1. The largest absolute Gasteiger partial charge is 0.317 e. The molecule has 0 bridgehead atoms. The Morgan fingerprint density at radius 3 is 2.58 bits per heavy atom. The maximum absolute atomic E-state index is 3.59. The van der Waals surface area contributed by atoms with E-state index in [0.29, 0.717) is 0 Å². The normalized spacial score (nSPS) is 41.4. The quantitative estimate of drug-likeness (QED) is 0.837. The Kier molecular flexibility index (Phi) is 5.70. The van der Waals surface area contributed by atoms with Crippen LogP contribution in [0.4, 0.5) is 0 Å². The lowest BCUT2D eigenvalue weighted by atomic mass is 9.76. The lowest BCUT2D eigenvalue weighted by molar-refractivity contribution is 0.0745. The van der Waals surface area contributed by atoms with Crippen molar-refractivity contribution < 1.29 is 0 Å². The summed E-state index contributed by atoms with van der Waals surface area (Å²) in [5.41, 5.74) is 0. The summed E-state index contributed by atoms with van der Waals surface area (Å²) in [6.07, 6.45) is 8.46. The molecule has 1 N–H and O–H groups in total. The Morgan fingerprint density at radius 2 is 1.89 bits per heavy atom. The molecule has 0 aromatic carbocycles. The summed E-state index contributed by atoms with van der Waals surface area (Å²) in [5.74, 6) is 2.75. The van der Waals surface area contributed by atoms with Crippen LogP contribution in [-0.2, 0) is 0 Å². The molecule has 0 aromatic heterocycles. The molecular formula is C17H34N2. The van der Waals surface area contributed by atoms with E-state index in [1.165, 1.54) is 51.6 Å². The SMILES string of the molecule is CCC1CCC(NC)C(CN2CC(C)CCC2C)C1. The number of nitrogens with one attached hydrogen (secondary N) is 1. The van der Waals surface area contributed by atoms with Crippen LogP contribution in [0.5, 0.6) is 0 Å². The van der Waals surface area contributed by atoms with E-state index >= 15 is 0 Å². The standard InChI is InChI=1S/C17H34N2/c1-5-15-8-9-17(18-4)16(10-15)12-19-11-13(2)6-7-14(19)3/h13-18H,5-12H2,1-4H3. The van der Waals surface area contributed by atoms with Crippen molar-refractivity contribution in [1.82, 2.24) is 10.2 Å². The number of rotatable bonds is 4. The van der Waals surface area contributed by atoms with E-state index in [2.05, 4.69) is 38.0 Å². The summed E-state index contributed by atoms with van der Waals surface area (Å²) < 4.78 is 0. The third-order valence-corrected chi connectivity index (χ3v) is 5.75. The van der Waals surface area contributed by atoms with Crippen LogP contribution in [0.25, 0.3) is 0 Å². The van der Waals surface area contributed by atoms with Crippen molar-refractivity contribution in [3.63, 3.8) is 0 Å². The highest BCUT2D eigenvalue weighted by atomic mass is 15.2. The van der Waals surface area contributed by atoms with Gasteiger partial charge in [-0.05, 0) is 63.8 Å². The number of hydrogen-bond acceptors (Lipinski definition) is 2. The number of likely N-dealkylation sites (tertiary alicyclic amines) is 1. The second kappa shape index (κ2) is 7.08. The first kappa shape index (κ1) is 15.3. The zero-order valence-electron chi connectivity index (χ0n) is 13.5. The van der Waals surface area contributed by atoms with Gasteiger partial charge in [0.1, 0.15) is 0 Å². The molecule has 0 radical (unpaired) electrons. The predicted octanol–water partition coefficient (Wildman–Crippen LogP) is 3.52. The lowest BCUT2D eigenvalue weighted by Crippen LogP contribution is -2.49. The Morgan fingerprint density at radius 1 is 1.11 bits per heavy atom. The van der Waals surface area contributed by atoms with E-state index in [9.17, 15) is 0 Å². The molecule has 2 heteroatoms. The van der Waals surface area contributed by atoms with Crippen LogP contribution >= 0.6 is 0 Å². The highest BCUT2D eigenvalue weighted by molar-refractivity contribution is 4.88. The van der Waals surface area contributed by atoms with Crippen molar-refractivity contribution >= 4 is 0 Å². The van der Waals surface area contributed by atoms with E-state index in [-0.39, 0.29) is 0 Å². The van der Waals surface area contributed by atoms with Crippen molar-refractivity contribution in [3.05, 3.63) is 0 Å². The molecule has 1 saturated carbocycles. The fourth-order valence-electron chi connectivity index (χ4n) is 4.25. The summed E-state index contributed by atoms with van der Waals surface area (Å²) in [6, 6.07) is 1.56. The zero-order chi connectivity index (χ0) is 13.8. The van der Waals surface area contributed by atoms with Gasteiger partial charge < -0.3 is 10.2 Å². The third kappa shape index (κ3) is 3.95. The second-order valence-electron chi connectivity index (χ2n) is 7.23. The van der Waals surface area contributed by atoms with Crippen LogP contribution in [0.15, 0.2) is 0 Å². The smallest absolute Gasteiger partial charge is 0.0105 e. The Bertz CT molecular complexity index is 266. The highest BCUT2D eigenvalue weighted by Crippen LogP contribution is 2.33.